The summed E-state index contributed by atoms with van der Waals surface area (Å²) in [4.78, 5) is 15.1. The highest BCUT2D eigenvalue weighted by Crippen LogP contribution is 2.44. The van der Waals surface area contributed by atoms with E-state index in [2.05, 4.69) is 17.1 Å². The van der Waals surface area contributed by atoms with Gasteiger partial charge >= 0.3 is 0 Å². The number of aromatic amines is 1. The summed E-state index contributed by atoms with van der Waals surface area (Å²) in [6.07, 6.45) is 3.10. The van der Waals surface area contributed by atoms with Crippen molar-refractivity contribution in [3.63, 3.8) is 0 Å². The van der Waals surface area contributed by atoms with Crippen LogP contribution in [0.5, 0.6) is 11.5 Å². The van der Waals surface area contributed by atoms with Crippen LogP contribution in [0.25, 0.3) is 11.3 Å². The molecule has 0 aliphatic carbocycles. The topological polar surface area (TPSA) is 78.5 Å². The number of benzene rings is 2. The Bertz CT molecular complexity index is 1010. The third-order valence-electron chi connectivity index (χ3n) is 5.46. The molecule has 1 unspecified atom stereocenters. The molecular weight excluding hydrogens is 366 g/mol. The molecule has 0 radical (unpaired) electrons. The molecule has 6 nitrogen and oxygen atoms in total. The number of phenolic OH excluding ortho intramolecular Hbond substituents is 1. The molecule has 6 heteroatoms. The number of aromatic hydroxyl groups is 1. The van der Waals surface area contributed by atoms with Gasteiger partial charge < -0.3 is 14.7 Å². The highest BCUT2D eigenvalue weighted by molar-refractivity contribution is 6.00. The van der Waals surface area contributed by atoms with Crippen LogP contribution in [-0.4, -0.2) is 39.8 Å². The molecule has 2 aromatic carbocycles. The van der Waals surface area contributed by atoms with Crippen LogP contribution in [-0.2, 0) is 0 Å². The van der Waals surface area contributed by atoms with Gasteiger partial charge in [0.25, 0.3) is 5.91 Å². The van der Waals surface area contributed by atoms with Crippen LogP contribution in [0.2, 0.25) is 0 Å². The van der Waals surface area contributed by atoms with Crippen molar-refractivity contribution in [2.75, 3.05) is 13.7 Å². The first kappa shape index (κ1) is 19.1. The van der Waals surface area contributed by atoms with Gasteiger partial charge in [0.2, 0.25) is 0 Å². The summed E-state index contributed by atoms with van der Waals surface area (Å²) in [6, 6.07) is 14.6. The number of nitrogens with zero attached hydrogens (tertiary/aromatic N) is 2. The van der Waals surface area contributed by atoms with Crippen LogP contribution >= 0.6 is 0 Å². The molecule has 1 atom stereocenters. The largest absolute Gasteiger partial charge is 0.507 e. The van der Waals surface area contributed by atoms with Gasteiger partial charge in [0.05, 0.1) is 13.2 Å². The Labute approximate surface area is 170 Å². The van der Waals surface area contributed by atoms with Crippen molar-refractivity contribution < 1.29 is 14.6 Å². The molecule has 1 amide bonds. The van der Waals surface area contributed by atoms with Crippen LogP contribution < -0.4 is 4.74 Å². The van der Waals surface area contributed by atoms with Gasteiger partial charge in [-0.2, -0.15) is 5.10 Å². The average molecular weight is 391 g/mol. The Morgan fingerprint density at radius 1 is 1.14 bits per heavy atom. The number of ether oxygens (including phenoxy) is 1. The number of methoxy groups -OCH3 is 1. The van der Waals surface area contributed by atoms with E-state index in [0.29, 0.717) is 23.5 Å². The van der Waals surface area contributed by atoms with Gasteiger partial charge in [-0.3, -0.25) is 9.89 Å². The summed E-state index contributed by atoms with van der Waals surface area (Å²) in [7, 11) is 1.63. The number of carbonyl (C=O) groups excluding carboxylic acids is 1. The minimum Gasteiger partial charge on any atom is -0.507 e. The van der Waals surface area contributed by atoms with Crippen molar-refractivity contribution in [2.45, 2.75) is 32.2 Å². The van der Waals surface area contributed by atoms with Gasteiger partial charge in [-0.05, 0) is 36.2 Å². The predicted octanol–water partition coefficient (Wildman–Crippen LogP) is 4.53. The van der Waals surface area contributed by atoms with Crippen LogP contribution in [0.15, 0.2) is 48.5 Å². The molecule has 1 aliphatic heterocycles. The maximum atomic E-state index is 13.2. The molecule has 0 fully saturated rings. The first-order chi connectivity index (χ1) is 14.2. The van der Waals surface area contributed by atoms with Gasteiger partial charge in [0, 0.05) is 17.7 Å². The standard InChI is InChI=1S/C23H25N3O3/c1-3-4-7-14-26-22(15-10-12-16(29-2)13-11-15)19-20(24-25-21(19)23(26)28)17-8-5-6-9-18(17)27/h5-6,8-13,22,27H,3-4,7,14H2,1-2H3,(H,24,25). The molecule has 1 aromatic heterocycles. The number of unbranched alkanes of at least 4 members (excludes halogenated alkanes) is 2. The lowest BCUT2D eigenvalue weighted by Crippen LogP contribution is -2.30. The fraction of sp³-hybridized carbons (Fsp3) is 0.304. The van der Waals surface area contributed by atoms with Gasteiger partial charge in [-0.15, -0.1) is 0 Å². The highest BCUT2D eigenvalue weighted by Gasteiger charge is 2.42. The van der Waals surface area contributed by atoms with Crippen molar-refractivity contribution in [1.29, 1.82) is 0 Å². The zero-order valence-corrected chi connectivity index (χ0v) is 16.7. The Kier molecular flexibility index (Phi) is 5.25. The van der Waals surface area contributed by atoms with Crippen molar-refractivity contribution in [1.82, 2.24) is 15.1 Å². The third-order valence-corrected chi connectivity index (χ3v) is 5.46. The molecule has 0 spiro atoms. The number of nitrogens with one attached hydrogen (secondary N) is 1. The van der Waals surface area contributed by atoms with E-state index in [9.17, 15) is 9.90 Å². The lowest BCUT2D eigenvalue weighted by Gasteiger charge is -2.26. The molecule has 29 heavy (non-hydrogen) atoms. The molecule has 2 heterocycles. The van der Waals surface area contributed by atoms with E-state index in [4.69, 9.17) is 4.74 Å². The van der Waals surface area contributed by atoms with Gasteiger partial charge in [0.15, 0.2) is 0 Å². The van der Waals surface area contributed by atoms with Gasteiger partial charge in [-0.25, -0.2) is 0 Å². The first-order valence-electron chi connectivity index (χ1n) is 9.97. The van der Waals surface area contributed by atoms with Crippen LogP contribution in [0.4, 0.5) is 0 Å². The average Bonchev–Trinajstić information content (AvgIpc) is 3.28. The maximum Gasteiger partial charge on any atom is 0.273 e. The molecule has 1 aliphatic rings. The number of aromatic nitrogens is 2. The molecule has 0 saturated carbocycles. The number of H-pyrrole nitrogens is 1. The Balaban J connectivity index is 1.82. The van der Waals surface area contributed by atoms with Crippen LogP contribution in [0.1, 0.15) is 53.8 Å². The molecule has 0 bridgehead atoms. The van der Waals surface area contributed by atoms with Crippen molar-refractivity contribution >= 4 is 5.91 Å². The van der Waals surface area contributed by atoms with E-state index >= 15 is 0 Å². The normalized spacial score (nSPS) is 15.6. The van der Waals surface area contributed by atoms with E-state index in [-0.39, 0.29) is 17.7 Å². The predicted molar refractivity (Wildman–Crippen MR) is 111 cm³/mol. The molecule has 0 saturated heterocycles. The van der Waals surface area contributed by atoms with Crippen LogP contribution in [0.3, 0.4) is 0 Å². The number of hydrogen-bond donors (Lipinski definition) is 2. The monoisotopic (exact) mass is 391 g/mol. The summed E-state index contributed by atoms with van der Waals surface area (Å²) < 4.78 is 5.29. The van der Waals surface area contributed by atoms with E-state index in [0.717, 1.165) is 36.1 Å². The fourth-order valence-electron chi connectivity index (χ4n) is 3.97. The smallest absolute Gasteiger partial charge is 0.273 e. The number of carbonyl (C=O) groups is 1. The lowest BCUT2D eigenvalue weighted by molar-refractivity contribution is 0.0740. The van der Waals surface area contributed by atoms with E-state index < -0.39 is 0 Å². The number of hydrogen-bond acceptors (Lipinski definition) is 4. The summed E-state index contributed by atoms with van der Waals surface area (Å²) >= 11 is 0. The van der Waals surface area contributed by atoms with Crippen LogP contribution in [0, 0.1) is 0 Å². The second kappa shape index (κ2) is 7.99. The molecule has 2 N–H and O–H groups in total. The fourth-order valence-corrected chi connectivity index (χ4v) is 3.97. The zero-order chi connectivity index (χ0) is 20.4. The second-order valence-electron chi connectivity index (χ2n) is 7.26. The number of fused-ring (bicyclic) bond motifs is 1. The Hall–Kier alpha value is -3.28. The minimum absolute atomic E-state index is 0.0499. The first-order valence-corrected chi connectivity index (χ1v) is 9.97. The summed E-state index contributed by atoms with van der Waals surface area (Å²) in [5.41, 5.74) is 3.54. The summed E-state index contributed by atoms with van der Waals surface area (Å²) in [5.74, 6) is 0.863. The molecule has 150 valence electrons. The highest BCUT2D eigenvalue weighted by atomic mass is 16.5. The Morgan fingerprint density at radius 3 is 2.59 bits per heavy atom. The number of para-hydroxylation sites is 1. The Morgan fingerprint density at radius 2 is 1.90 bits per heavy atom. The van der Waals surface area contributed by atoms with E-state index in [1.807, 2.05) is 41.3 Å². The minimum atomic E-state index is -0.256. The van der Waals surface area contributed by atoms with Crippen molar-refractivity contribution in [3.05, 3.63) is 65.4 Å². The van der Waals surface area contributed by atoms with Crippen molar-refractivity contribution in [2.24, 2.45) is 0 Å². The van der Waals surface area contributed by atoms with E-state index in [1.54, 1.807) is 19.2 Å². The zero-order valence-electron chi connectivity index (χ0n) is 16.7. The molecular formula is C23H25N3O3. The third kappa shape index (κ3) is 3.35. The molecule has 3 aromatic rings. The lowest BCUT2D eigenvalue weighted by atomic mass is 9.95. The number of amides is 1. The van der Waals surface area contributed by atoms with Gasteiger partial charge in [0.1, 0.15) is 22.9 Å². The summed E-state index contributed by atoms with van der Waals surface area (Å²) in [5, 5.41) is 17.7. The van der Waals surface area contributed by atoms with E-state index in [1.165, 1.54) is 0 Å². The van der Waals surface area contributed by atoms with Gasteiger partial charge in [-0.1, -0.05) is 44.0 Å². The molecule has 4 rings (SSSR count). The maximum absolute atomic E-state index is 13.2. The second-order valence-corrected chi connectivity index (χ2v) is 7.26. The quantitative estimate of drug-likeness (QED) is 0.580. The SMILES string of the molecule is CCCCCN1C(=O)c2[nH]nc(-c3ccccc3O)c2C1c1ccc(OC)cc1. The number of phenols is 1. The summed E-state index contributed by atoms with van der Waals surface area (Å²) in [6.45, 7) is 2.82. The number of rotatable bonds is 7. The van der Waals surface area contributed by atoms with Crippen molar-refractivity contribution in [3.8, 4) is 22.8 Å².